The van der Waals surface area contributed by atoms with E-state index in [1.807, 2.05) is 52.4 Å². The van der Waals surface area contributed by atoms with Crippen molar-refractivity contribution in [3.8, 4) is 17.2 Å². The van der Waals surface area contributed by atoms with Crippen LogP contribution in [-0.4, -0.2) is 45.8 Å². The van der Waals surface area contributed by atoms with Crippen LogP contribution in [0.15, 0.2) is 53.3 Å². The van der Waals surface area contributed by atoms with Gasteiger partial charge in [0.2, 0.25) is 5.78 Å². The first-order chi connectivity index (χ1) is 22.8. The van der Waals surface area contributed by atoms with E-state index in [1.54, 1.807) is 0 Å². The Bertz CT molecular complexity index is 1870. The fraction of sp³-hybridized carbons (Fsp3) is 0.538. The third kappa shape index (κ3) is 6.94. The Balaban J connectivity index is 1.22. The highest BCUT2D eigenvalue weighted by atomic mass is 28.4. The fourth-order valence-corrected chi connectivity index (χ4v) is 8.57. The van der Waals surface area contributed by atoms with Gasteiger partial charge in [-0.05, 0) is 92.8 Å². The van der Waals surface area contributed by atoms with Gasteiger partial charge in [0.25, 0.3) is 5.56 Å². The van der Waals surface area contributed by atoms with E-state index < -0.39 is 8.32 Å². The molecule has 0 N–H and O–H groups in total. The average Bonchev–Trinajstić information content (AvgIpc) is 3.71. The van der Waals surface area contributed by atoms with Crippen LogP contribution in [0.5, 0.6) is 0 Å². The zero-order chi connectivity index (χ0) is 34.3. The summed E-state index contributed by atoms with van der Waals surface area (Å²) in [6, 6.07) is 18.2. The lowest BCUT2D eigenvalue weighted by atomic mass is 9.92. The topological polar surface area (TPSA) is 94.4 Å². The summed E-state index contributed by atoms with van der Waals surface area (Å²) >= 11 is 0. The molecule has 2 fully saturated rings. The highest BCUT2D eigenvalue weighted by Crippen LogP contribution is 2.48. The Labute approximate surface area is 286 Å². The molecule has 0 amide bonds. The predicted molar refractivity (Wildman–Crippen MR) is 193 cm³/mol. The average molecular weight is 666 g/mol. The maximum absolute atomic E-state index is 14.5. The largest absolute Gasteiger partial charge is 0.409 e. The molecule has 0 saturated heterocycles. The number of rotatable bonds is 11. The minimum Gasteiger partial charge on any atom is -0.409 e. The van der Waals surface area contributed by atoms with Crippen molar-refractivity contribution >= 4 is 14.1 Å². The Morgan fingerprint density at radius 2 is 1.73 bits per heavy atom. The second-order valence-corrected chi connectivity index (χ2v) is 20.3. The molecule has 0 radical (unpaired) electrons. The number of aryl methyl sites for hydroxylation is 2. The van der Waals surface area contributed by atoms with Crippen LogP contribution in [0.3, 0.4) is 0 Å². The molecule has 4 aromatic rings. The molecule has 0 unspecified atom stereocenters. The van der Waals surface area contributed by atoms with Gasteiger partial charge < -0.3 is 9.16 Å². The molecule has 0 aliphatic heterocycles. The highest BCUT2D eigenvalue weighted by molar-refractivity contribution is 6.74. The van der Waals surface area contributed by atoms with E-state index >= 15 is 0 Å². The summed E-state index contributed by atoms with van der Waals surface area (Å²) in [5, 5.41) is 14.6. The van der Waals surface area contributed by atoms with Crippen molar-refractivity contribution in [1.82, 2.24) is 19.2 Å². The van der Waals surface area contributed by atoms with Crippen molar-refractivity contribution < 1.29 is 9.16 Å². The molecule has 0 bridgehead atoms. The number of hydrogen-bond acceptors (Lipinski definition) is 6. The zero-order valence-corrected chi connectivity index (χ0v) is 30.8. The summed E-state index contributed by atoms with van der Waals surface area (Å²) in [4.78, 5) is 19.3. The Kier molecular flexibility index (Phi) is 9.56. The van der Waals surface area contributed by atoms with Crippen LogP contribution in [0.2, 0.25) is 18.1 Å². The smallest absolute Gasteiger partial charge is 0.259 e. The molecule has 48 heavy (non-hydrogen) atoms. The first-order valence-electron chi connectivity index (χ1n) is 17.7. The number of nitriles is 1. The van der Waals surface area contributed by atoms with E-state index in [9.17, 15) is 10.1 Å². The van der Waals surface area contributed by atoms with E-state index in [-0.39, 0.29) is 28.3 Å². The summed E-state index contributed by atoms with van der Waals surface area (Å²) in [6.07, 6.45) is 8.04. The number of benzene rings is 2. The van der Waals surface area contributed by atoms with Crippen molar-refractivity contribution in [2.75, 3.05) is 6.61 Å². The monoisotopic (exact) mass is 665 g/mol. The molecule has 2 heterocycles. The van der Waals surface area contributed by atoms with Crippen LogP contribution in [0.1, 0.15) is 107 Å². The molecule has 2 aliphatic carbocycles. The van der Waals surface area contributed by atoms with E-state index in [4.69, 9.17) is 19.2 Å². The molecule has 2 aromatic heterocycles. The molecule has 2 saturated carbocycles. The molecule has 0 atom stereocenters. The van der Waals surface area contributed by atoms with Gasteiger partial charge in [0, 0.05) is 18.0 Å². The molecule has 2 aliphatic rings. The van der Waals surface area contributed by atoms with Gasteiger partial charge >= 0.3 is 0 Å². The lowest BCUT2D eigenvalue weighted by molar-refractivity contribution is -0.0342. The first-order valence-corrected chi connectivity index (χ1v) is 20.7. The maximum Gasteiger partial charge on any atom is 0.259 e. The van der Waals surface area contributed by atoms with Gasteiger partial charge in [-0.25, -0.2) is 4.52 Å². The van der Waals surface area contributed by atoms with Crippen LogP contribution in [0, 0.1) is 18.3 Å². The lowest BCUT2D eigenvalue weighted by Crippen LogP contribution is -2.46. The second kappa shape index (κ2) is 13.4. The molecular weight excluding hydrogens is 615 g/mol. The van der Waals surface area contributed by atoms with Gasteiger partial charge in [0.05, 0.1) is 35.6 Å². The normalized spacial score (nSPS) is 19.4. The molecule has 6 rings (SSSR count). The summed E-state index contributed by atoms with van der Waals surface area (Å²) < 4.78 is 17.2. The molecule has 2 aromatic carbocycles. The van der Waals surface area contributed by atoms with Gasteiger partial charge in [0.15, 0.2) is 8.32 Å². The quantitative estimate of drug-likeness (QED) is 0.150. The summed E-state index contributed by atoms with van der Waals surface area (Å²) in [5.41, 5.74) is 5.27. The van der Waals surface area contributed by atoms with Crippen LogP contribution in [-0.2, 0) is 22.0 Å². The van der Waals surface area contributed by atoms with Crippen LogP contribution >= 0.6 is 0 Å². The van der Waals surface area contributed by atoms with Crippen molar-refractivity contribution in [3.05, 3.63) is 87.1 Å². The van der Waals surface area contributed by atoms with Crippen molar-refractivity contribution in [3.63, 3.8) is 0 Å². The van der Waals surface area contributed by atoms with E-state index in [0.717, 1.165) is 79.3 Å². The third-order valence-electron chi connectivity index (χ3n) is 10.8. The van der Waals surface area contributed by atoms with E-state index in [0.29, 0.717) is 30.2 Å². The molecular formula is C39H51N5O3Si. The Hall–Kier alpha value is -3.58. The molecule has 9 heteroatoms. The minimum atomic E-state index is -1.86. The van der Waals surface area contributed by atoms with Gasteiger partial charge in [-0.1, -0.05) is 76.6 Å². The number of nitrogens with zero attached hydrogens (tertiary/aromatic N) is 5. The van der Waals surface area contributed by atoms with Gasteiger partial charge in [-0.3, -0.25) is 9.36 Å². The van der Waals surface area contributed by atoms with E-state index in [2.05, 4.69) is 59.0 Å². The predicted octanol–water partition coefficient (Wildman–Crippen LogP) is 8.34. The number of ether oxygens (including phenoxy) is 1. The molecule has 8 nitrogen and oxygen atoms in total. The van der Waals surface area contributed by atoms with Crippen molar-refractivity contribution in [2.24, 2.45) is 0 Å². The SMILES string of the molecule is CCCc1c(Cc2ccc(-c3ccccc3C#N)cc2)c(=O)n([C@H]2CC[C@H](OCC3(O[Si](C)(C)C(C)(C)C)CC3)CC2)c2nc(C)nn12. The fourth-order valence-electron chi connectivity index (χ4n) is 6.92. The van der Waals surface area contributed by atoms with Gasteiger partial charge in [-0.2, -0.15) is 15.3 Å². The standard InChI is InChI=1S/C39H51N5O3Si/c1-8-11-35-34(24-28-14-16-29(17-15-28)33-13-10-9-12-30(33)25-40)36(45)43(37-41-27(2)42-44(35)37)31-18-20-32(21-19-31)46-26-39(22-23-39)47-48(6,7)38(3,4)5/h9-10,12-17,31-32H,8,11,18-24,26H2,1-7H3/t31-,32-. The second-order valence-electron chi connectivity index (χ2n) is 15.5. The Morgan fingerprint density at radius 1 is 1.04 bits per heavy atom. The van der Waals surface area contributed by atoms with Gasteiger partial charge in [0.1, 0.15) is 5.82 Å². The molecule has 254 valence electrons. The van der Waals surface area contributed by atoms with Crippen molar-refractivity contribution in [1.29, 1.82) is 5.26 Å². The zero-order valence-electron chi connectivity index (χ0n) is 29.8. The minimum absolute atomic E-state index is 0.0427. The molecule has 0 spiro atoms. The summed E-state index contributed by atoms with van der Waals surface area (Å²) in [6.45, 7) is 16.2. The van der Waals surface area contributed by atoms with Crippen LogP contribution < -0.4 is 5.56 Å². The number of fused-ring (bicyclic) bond motifs is 1. The van der Waals surface area contributed by atoms with Crippen LogP contribution in [0.25, 0.3) is 16.9 Å². The van der Waals surface area contributed by atoms with Crippen molar-refractivity contribution in [2.45, 2.75) is 128 Å². The lowest BCUT2D eigenvalue weighted by Gasteiger charge is -2.40. The number of hydrogen-bond donors (Lipinski definition) is 0. The summed E-state index contributed by atoms with van der Waals surface area (Å²) in [7, 11) is -1.86. The third-order valence-corrected chi connectivity index (χ3v) is 15.4. The number of aromatic nitrogens is 4. The first kappa shape index (κ1) is 34.3. The Morgan fingerprint density at radius 3 is 2.35 bits per heavy atom. The highest BCUT2D eigenvalue weighted by Gasteiger charge is 2.52. The van der Waals surface area contributed by atoms with E-state index in [1.165, 1.54) is 0 Å². The van der Waals surface area contributed by atoms with Gasteiger partial charge in [-0.15, -0.1) is 0 Å². The maximum atomic E-state index is 14.5. The summed E-state index contributed by atoms with van der Waals surface area (Å²) in [5.74, 6) is 1.32. The van der Waals surface area contributed by atoms with Crippen LogP contribution in [0.4, 0.5) is 0 Å².